The number of hydrogen-bond donors (Lipinski definition) is 1. The number of morpholine rings is 1. The predicted molar refractivity (Wildman–Crippen MR) is 52.8 cm³/mol. The predicted octanol–water partition coefficient (Wildman–Crippen LogP) is 0.317. The van der Waals surface area contributed by atoms with Crippen LogP contribution in [0.3, 0.4) is 0 Å². The van der Waals surface area contributed by atoms with E-state index in [1.165, 1.54) is 25.9 Å². The van der Waals surface area contributed by atoms with Crippen LogP contribution in [-0.4, -0.2) is 50.8 Å². The van der Waals surface area contributed by atoms with E-state index in [1.54, 1.807) is 0 Å². The molecule has 2 unspecified atom stereocenters. The van der Waals surface area contributed by atoms with E-state index in [1.807, 2.05) is 0 Å². The number of rotatable bonds is 2. The van der Waals surface area contributed by atoms with E-state index < -0.39 is 0 Å². The molecule has 0 aromatic rings. The normalized spacial score (nSPS) is 36.7. The fourth-order valence-electron chi connectivity index (χ4n) is 2.29. The summed E-state index contributed by atoms with van der Waals surface area (Å²) in [5.74, 6) is 0.883. The van der Waals surface area contributed by atoms with Crippen molar-refractivity contribution < 1.29 is 4.74 Å². The third-order valence-corrected chi connectivity index (χ3v) is 3.29. The minimum absolute atomic E-state index is 0.665. The molecule has 0 aromatic carbocycles. The van der Waals surface area contributed by atoms with Gasteiger partial charge < -0.3 is 10.1 Å². The maximum Gasteiger partial charge on any atom is 0.0622 e. The summed E-state index contributed by atoms with van der Waals surface area (Å²) in [6, 6.07) is 0.665. The van der Waals surface area contributed by atoms with Gasteiger partial charge in [0.1, 0.15) is 0 Å². The van der Waals surface area contributed by atoms with E-state index in [-0.39, 0.29) is 0 Å². The molecule has 2 atom stereocenters. The SMILES string of the molecule is CN1CCOCC1CC1CCNC1. The second-order valence-electron chi connectivity index (χ2n) is 4.30. The molecule has 2 saturated heterocycles. The van der Waals surface area contributed by atoms with Gasteiger partial charge in [-0.05, 0) is 38.9 Å². The topological polar surface area (TPSA) is 24.5 Å². The van der Waals surface area contributed by atoms with Crippen LogP contribution in [0, 0.1) is 5.92 Å². The molecule has 2 aliphatic rings. The van der Waals surface area contributed by atoms with Gasteiger partial charge in [-0.3, -0.25) is 4.90 Å². The zero-order chi connectivity index (χ0) is 9.10. The molecule has 2 heterocycles. The van der Waals surface area contributed by atoms with Crippen molar-refractivity contribution in [3.05, 3.63) is 0 Å². The Labute approximate surface area is 80.4 Å². The van der Waals surface area contributed by atoms with Crippen molar-refractivity contribution in [1.82, 2.24) is 10.2 Å². The maximum absolute atomic E-state index is 5.50. The van der Waals surface area contributed by atoms with E-state index >= 15 is 0 Å². The van der Waals surface area contributed by atoms with E-state index in [0.717, 1.165) is 25.7 Å². The zero-order valence-electron chi connectivity index (χ0n) is 8.46. The van der Waals surface area contributed by atoms with Gasteiger partial charge in [-0.1, -0.05) is 0 Å². The molecular formula is C10H20N2O. The average molecular weight is 184 g/mol. The number of nitrogens with one attached hydrogen (secondary N) is 1. The van der Waals surface area contributed by atoms with Crippen molar-refractivity contribution in [3.63, 3.8) is 0 Å². The Balaban J connectivity index is 1.78. The number of ether oxygens (including phenoxy) is 1. The first-order valence-electron chi connectivity index (χ1n) is 5.35. The van der Waals surface area contributed by atoms with Gasteiger partial charge in [0.15, 0.2) is 0 Å². The third-order valence-electron chi connectivity index (χ3n) is 3.29. The van der Waals surface area contributed by atoms with Crippen molar-refractivity contribution in [2.24, 2.45) is 5.92 Å². The summed E-state index contributed by atoms with van der Waals surface area (Å²) in [5, 5.41) is 3.42. The lowest BCUT2D eigenvalue weighted by molar-refractivity contribution is -0.00203. The molecule has 2 fully saturated rings. The van der Waals surface area contributed by atoms with Gasteiger partial charge >= 0.3 is 0 Å². The van der Waals surface area contributed by atoms with Crippen LogP contribution in [0.15, 0.2) is 0 Å². The van der Waals surface area contributed by atoms with Crippen molar-refractivity contribution in [2.45, 2.75) is 18.9 Å². The summed E-state index contributed by atoms with van der Waals surface area (Å²) in [7, 11) is 2.22. The minimum atomic E-state index is 0.665. The second-order valence-corrected chi connectivity index (χ2v) is 4.30. The highest BCUT2D eigenvalue weighted by molar-refractivity contribution is 4.80. The van der Waals surface area contributed by atoms with E-state index in [2.05, 4.69) is 17.3 Å². The van der Waals surface area contributed by atoms with Crippen molar-refractivity contribution in [1.29, 1.82) is 0 Å². The van der Waals surface area contributed by atoms with Gasteiger partial charge in [0, 0.05) is 12.6 Å². The first kappa shape index (κ1) is 9.44. The summed E-state index contributed by atoms with van der Waals surface area (Å²) in [6.07, 6.45) is 2.66. The molecule has 3 nitrogen and oxygen atoms in total. The Morgan fingerprint density at radius 2 is 2.46 bits per heavy atom. The molecule has 13 heavy (non-hydrogen) atoms. The molecule has 0 radical (unpaired) electrons. The molecule has 0 saturated carbocycles. The Morgan fingerprint density at radius 3 is 3.15 bits per heavy atom. The lowest BCUT2D eigenvalue weighted by Crippen LogP contribution is -2.43. The van der Waals surface area contributed by atoms with E-state index in [4.69, 9.17) is 4.74 Å². The fraction of sp³-hybridized carbons (Fsp3) is 1.00. The highest BCUT2D eigenvalue weighted by Crippen LogP contribution is 2.19. The van der Waals surface area contributed by atoms with Crippen LogP contribution in [0.4, 0.5) is 0 Å². The lowest BCUT2D eigenvalue weighted by Gasteiger charge is -2.33. The van der Waals surface area contributed by atoms with Crippen LogP contribution < -0.4 is 5.32 Å². The van der Waals surface area contributed by atoms with Crippen LogP contribution in [0.5, 0.6) is 0 Å². The van der Waals surface area contributed by atoms with Gasteiger partial charge in [0.05, 0.1) is 13.2 Å². The number of nitrogens with zero attached hydrogens (tertiary/aromatic N) is 1. The third kappa shape index (κ3) is 2.42. The highest BCUT2D eigenvalue weighted by atomic mass is 16.5. The Kier molecular flexibility index (Phi) is 3.19. The summed E-state index contributed by atoms with van der Waals surface area (Å²) in [4.78, 5) is 2.45. The molecule has 2 aliphatic heterocycles. The first-order valence-corrected chi connectivity index (χ1v) is 5.35. The standard InChI is InChI=1S/C10H20N2O/c1-12-4-5-13-8-10(12)6-9-2-3-11-7-9/h9-11H,2-8H2,1H3. The van der Waals surface area contributed by atoms with E-state index in [9.17, 15) is 0 Å². The minimum Gasteiger partial charge on any atom is -0.378 e. The van der Waals surface area contributed by atoms with Crippen LogP contribution >= 0.6 is 0 Å². The second kappa shape index (κ2) is 4.40. The Bertz CT molecular complexity index is 157. The van der Waals surface area contributed by atoms with Crippen LogP contribution in [0.1, 0.15) is 12.8 Å². The van der Waals surface area contributed by atoms with Crippen molar-refractivity contribution in [3.8, 4) is 0 Å². The van der Waals surface area contributed by atoms with Gasteiger partial charge in [-0.2, -0.15) is 0 Å². The van der Waals surface area contributed by atoms with Crippen LogP contribution in [-0.2, 0) is 4.74 Å². The molecule has 76 valence electrons. The van der Waals surface area contributed by atoms with Crippen LogP contribution in [0.25, 0.3) is 0 Å². The smallest absolute Gasteiger partial charge is 0.0622 e. The molecular weight excluding hydrogens is 164 g/mol. The first-order chi connectivity index (χ1) is 6.36. The van der Waals surface area contributed by atoms with Crippen LogP contribution in [0.2, 0.25) is 0 Å². The molecule has 0 amide bonds. The Morgan fingerprint density at radius 1 is 1.54 bits per heavy atom. The highest BCUT2D eigenvalue weighted by Gasteiger charge is 2.24. The quantitative estimate of drug-likeness (QED) is 0.669. The van der Waals surface area contributed by atoms with Gasteiger partial charge in [-0.15, -0.1) is 0 Å². The lowest BCUT2D eigenvalue weighted by atomic mass is 9.98. The van der Waals surface area contributed by atoms with Gasteiger partial charge in [-0.25, -0.2) is 0 Å². The maximum atomic E-state index is 5.50. The average Bonchev–Trinajstić information content (AvgIpc) is 2.61. The Hall–Kier alpha value is -0.120. The monoisotopic (exact) mass is 184 g/mol. The zero-order valence-corrected chi connectivity index (χ0v) is 8.46. The van der Waals surface area contributed by atoms with E-state index in [0.29, 0.717) is 6.04 Å². The molecule has 0 aromatic heterocycles. The van der Waals surface area contributed by atoms with Crippen molar-refractivity contribution >= 4 is 0 Å². The summed E-state index contributed by atoms with van der Waals surface area (Å²) in [6.45, 7) is 5.38. The summed E-state index contributed by atoms with van der Waals surface area (Å²) < 4.78 is 5.50. The molecule has 0 spiro atoms. The molecule has 3 heteroatoms. The number of likely N-dealkylation sites (N-methyl/N-ethyl adjacent to an activating group) is 1. The van der Waals surface area contributed by atoms with Gasteiger partial charge in [0.25, 0.3) is 0 Å². The largest absolute Gasteiger partial charge is 0.378 e. The van der Waals surface area contributed by atoms with Crippen molar-refractivity contribution in [2.75, 3.05) is 39.9 Å². The summed E-state index contributed by atoms with van der Waals surface area (Å²) >= 11 is 0. The number of hydrogen-bond acceptors (Lipinski definition) is 3. The summed E-state index contributed by atoms with van der Waals surface area (Å²) in [5.41, 5.74) is 0. The molecule has 0 bridgehead atoms. The molecule has 0 aliphatic carbocycles. The molecule has 2 rings (SSSR count). The van der Waals surface area contributed by atoms with Gasteiger partial charge in [0.2, 0.25) is 0 Å². The molecule has 1 N–H and O–H groups in total. The fourth-order valence-corrected chi connectivity index (χ4v) is 2.29.